The lowest BCUT2D eigenvalue weighted by atomic mass is 10.2. The Morgan fingerprint density at radius 2 is 2.08 bits per heavy atom. The number of aliphatic hydroxyl groups is 1. The second kappa shape index (κ2) is 6.53. The second-order valence-electron chi connectivity index (χ2n) is 3.10. The molecular formula is C8H18NO2P. The van der Waals surface area contributed by atoms with Gasteiger partial charge < -0.3 is 9.63 Å². The third kappa shape index (κ3) is 5.64. The minimum Gasteiger partial charge on any atom is -0.387 e. The molecule has 0 aromatic carbocycles. The smallest absolute Gasteiger partial charge is 0.0951 e. The van der Waals surface area contributed by atoms with Crippen molar-refractivity contribution in [3.8, 4) is 0 Å². The van der Waals surface area contributed by atoms with Crippen molar-refractivity contribution in [3.63, 3.8) is 0 Å². The van der Waals surface area contributed by atoms with E-state index in [9.17, 15) is 5.11 Å². The Kier molecular flexibility index (Phi) is 6.54. The van der Waals surface area contributed by atoms with Crippen LogP contribution in [0.4, 0.5) is 0 Å². The van der Waals surface area contributed by atoms with Crippen LogP contribution in [0.1, 0.15) is 20.8 Å². The highest BCUT2D eigenvalue weighted by molar-refractivity contribution is 7.54. The van der Waals surface area contributed by atoms with Crippen LogP contribution in [0.5, 0.6) is 0 Å². The molecule has 0 heterocycles. The highest BCUT2D eigenvalue weighted by Crippen LogP contribution is 2.16. The third-order valence-corrected chi connectivity index (χ3v) is 2.22. The molecule has 2 unspecified atom stereocenters. The molecule has 0 saturated heterocycles. The summed E-state index contributed by atoms with van der Waals surface area (Å²) in [6, 6.07) is 0. The van der Waals surface area contributed by atoms with Crippen molar-refractivity contribution in [2.24, 2.45) is 10.9 Å². The van der Waals surface area contributed by atoms with E-state index in [1.165, 1.54) is 0 Å². The van der Waals surface area contributed by atoms with Crippen LogP contribution in [0.2, 0.25) is 0 Å². The molecule has 0 aliphatic carbocycles. The molecule has 1 N–H and O–H groups in total. The number of rotatable bonds is 5. The van der Waals surface area contributed by atoms with Gasteiger partial charge in [-0.1, -0.05) is 13.8 Å². The van der Waals surface area contributed by atoms with Gasteiger partial charge in [0.05, 0.1) is 20.4 Å². The van der Waals surface area contributed by atoms with Crippen LogP contribution < -0.4 is 0 Å². The van der Waals surface area contributed by atoms with Crippen LogP contribution in [-0.4, -0.2) is 30.3 Å². The van der Waals surface area contributed by atoms with E-state index in [-0.39, 0.29) is 8.81 Å². The zero-order chi connectivity index (χ0) is 9.56. The highest BCUT2D eigenvalue weighted by atomic mass is 31.1. The molecule has 0 amide bonds. The van der Waals surface area contributed by atoms with Gasteiger partial charge in [0, 0.05) is 13.7 Å². The molecule has 0 aliphatic rings. The molecule has 0 spiro atoms. The fourth-order valence-electron chi connectivity index (χ4n) is 0.635. The monoisotopic (exact) mass is 191 g/mol. The Morgan fingerprint density at radius 3 is 2.42 bits per heavy atom. The lowest BCUT2D eigenvalue weighted by Crippen LogP contribution is -2.13. The average molecular weight is 191 g/mol. The Hall–Kier alpha value is 0.0200. The summed E-state index contributed by atoms with van der Waals surface area (Å²) in [5.74, 6) is 0.528. The summed E-state index contributed by atoms with van der Waals surface area (Å²) < 4.78 is 4.93. The Balaban J connectivity index is 3.99. The predicted molar refractivity (Wildman–Crippen MR) is 54.1 cm³/mol. The average Bonchev–Trinajstić information content (AvgIpc) is 1.96. The maximum absolute atomic E-state index is 9.25. The first kappa shape index (κ1) is 12.0. The zero-order valence-corrected chi connectivity index (χ0v) is 9.16. The standard InChI is InChI=1S/C8H18NO2P/c1-6(2)5-9-8(7(3)10)12-11-4/h6-7,10,12H,5H2,1-4H3. The van der Waals surface area contributed by atoms with Crippen molar-refractivity contribution >= 4 is 14.3 Å². The maximum atomic E-state index is 9.25. The van der Waals surface area contributed by atoms with E-state index in [1.807, 2.05) is 0 Å². The van der Waals surface area contributed by atoms with Crippen molar-refractivity contribution in [1.82, 2.24) is 0 Å². The number of nitrogens with zero attached hydrogens (tertiary/aromatic N) is 1. The lowest BCUT2D eigenvalue weighted by molar-refractivity contribution is 0.264. The van der Waals surface area contributed by atoms with Gasteiger partial charge in [0.25, 0.3) is 0 Å². The minimum absolute atomic E-state index is 0.186. The highest BCUT2D eigenvalue weighted by Gasteiger charge is 2.06. The quantitative estimate of drug-likeness (QED) is 0.530. The van der Waals surface area contributed by atoms with Crippen LogP contribution in [0.3, 0.4) is 0 Å². The fourth-order valence-corrected chi connectivity index (χ4v) is 1.17. The van der Waals surface area contributed by atoms with E-state index in [1.54, 1.807) is 14.0 Å². The Bertz CT molecular complexity index is 146. The predicted octanol–water partition coefficient (Wildman–Crippen LogP) is 1.66. The molecule has 0 rings (SSSR count). The van der Waals surface area contributed by atoms with Crippen molar-refractivity contribution < 1.29 is 9.63 Å². The second-order valence-corrected chi connectivity index (χ2v) is 4.23. The molecule has 0 aromatic heterocycles. The van der Waals surface area contributed by atoms with E-state index in [0.717, 1.165) is 12.0 Å². The van der Waals surface area contributed by atoms with Gasteiger partial charge in [-0.3, -0.25) is 4.99 Å². The number of hydrogen-bond acceptors (Lipinski definition) is 3. The fraction of sp³-hybridized carbons (Fsp3) is 0.875. The van der Waals surface area contributed by atoms with Gasteiger partial charge in [-0.05, 0) is 12.8 Å². The van der Waals surface area contributed by atoms with Gasteiger partial charge in [-0.2, -0.15) is 0 Å². The maximum Gasteiger partial charge on any atom is 0.0951 e. The Morgan fingerprint density at radius 1 is 1.50 bits per heavy atom. The zero-order valence-electron chi connectivity index (χ0n) is 8.16. The molecule has 0 radical (unpaired) electrons. The van der Waals surface area contributed by atoms with Gasteiger partial charge in [-0.25, -0.2) is 0 Å². The number of hydrogen-bond donors (Lipinski definition) is 1. The molecule has 0 saturated carbocycles. The molecule has 3 nitrogen and oxygen atoms in total. The third-order valence-electron chi connectivity index (χ3n) is 1.23. The lowest BCUT2D eigenvalue weighted by Gasteiger charge is -2.08. The molecule has 4 heteroatoms. The van der Waals surface area contributed by atoms with Crippen molar-refractivity contribution in [2.45, 2.75) is 26.9 Å². The summed E-state index contributed by atoms with van der Waals surface area (Å²) in [5.41, 5.74) is 0.756. The summed E-state index contributed by atoms with van der Waals surface area (Å²) in [5, 5.41) is 9.25. The first-order chi connectivity index (χ1) is 5.57. The summed E-state index contributed by atoms with van der Waals surface area (Å²) >= 11 is 0. The summed E-state index contributed by atoms with van der Waals surface area (Å²) in [6.45, 7) is 6.67. The Labute approximate surface area is 76.1 Å². The summed E-state index contributed by atoms with van der Waals surface area (Å²) in [6.07, 6.45) is -0.484. The van der Waals surface area contributed by atoms with Crippen molar-refractivity contribution in [1.29, 1.82) is 0 Å². The van der Waals surface area contributed by atoms with E-state index in [2.05, 4.69) is 18.8 Å². The van der Waals surface area contributed by atoms with Crippen LogP contribution in [-0.2, 0) is 4.52 Å². The molecule has 0 aromatic rings. The molecule has 72 valence electrons. The largest absolute Gasteiger partial charge is 0.387 e. The van der Waals surface area contributed by atoms with E-state index >= 15 is 0 Å². The van der Waals surface area contributed by atoms with E-state index in [4.69, 9.17) is 4.52 Å². The van der Waals surface area contributed by atoms with E-state index < -0.39 is 6.10 Å². The van der Waals surface area contributed by atoms with Gasteiger partial charge >= 0.3 is 0 Å². The van der Waals surface area contributed by atoms with Gasteiger partial charge in [0.2, 0.25) is 0 Å². The van der Waals surface area contributed by atoms with E-state index in [0.29, 0.717) is 5.92 Å². The molecule has 12 heavy (non-hydrogen) atoms. The van der Waals surface area contributed by atoms with Crippen LogP contribution in [0, 0.1) is 5.92 Å². The topological polar surface area (TPSA) is 41.8 Å². The molecular weight excluding hydrogens is 173 g/mol. The minimum atomic E-state index is -0.484. The normalized spacial score (nSPS) is 16.3. The van der Waals surface area contributed by atoms with Gasteiger partial charge in [0.15, 0.2) is 0 Å². The molecule has 0 bridgehead atoms. The van der Waals surface area contributed by atoms with Crippen LogP contribution >= 0.6 is 8.81 Å². The van der Waals surface area contributed by atoms with Gasteiger partial charge in [0.1, 0.15) is 0 Å². The molecule has 0 fully saturated rings. The number of aliphatic hydroxyl groups excluding tert-OH is 1. The van der Waals surface area contributed by atoms with Gasteiger partial charge in [-0.15, -0.1) is 0 Å². The summed E-state index contributed by atoms with van der Waals surface area (Å²) in [7, 11) is 1.80. The summed E-state index contributed by atoms with van der Waals surface area (Å²) in [4.78, 5) is 4.27. The SMILES string of the molecule is COPC(=NCC(C)C)C(C)O. The first-order valence-electron chi connectivity index (χ1n) is 4.09. The first-order valence-corrected chi connectivity index (χ1v) is 5.00. The number of aliphatic imine (C=N–C) groups is 1. The van der Waals surface area contributed by atoms with Crippen LogP contribution in [0.25, 0.3) is 0 Å². The molecule has 0 aliphatic heterocycles. The van der Waals surface area contributed by atoms with Crippen molar-refractivity contribution in [3.05, 3.63) is 0 Å². The van der Waals surface area contributed by atoms with Crippen molar-refractivity contribution in [2.75, 3.05) is 13.7 Å². The molecule has 2 atom stereocenters. The van der Waals surface area contributed by atoms with Crippen LogP contribution in [0.15, 0.2) is 4.99 Å².